The van der Waals surface area contributed by atoms with Gasteiger partial charge in [0, 0.05) is 6.54 Å². The second-order valence-electron chi connectivity index (χ2n) is 3.58. The van der Waals surface area contributed by atoms with Gasteiger partial charge in [0.25, 0.3) is 5.69 Å². The molecule has 0 aliphatic carbocycles. The minimum absolute atomic E-state index is 0.419. The lowest BCUT2D eigenvalue weighted by Crippen LogP contribution is -2.36. The van der Waals surface area contributed by atoms with Crippen molar-refractivity contribution >= 4 is 21.7 Å². The van der Waals surface area contributed by atoms with E-state index in [1.165, 1.54) is 0 Å². The molecule has 3 N–H and O–H groups in total. The smallest absolute Gasteiger partial charge is 0.333 e. The number of aliphatic carboxylic acids is 1. The Labute approximate surface area is 111 Å². The molecule has 0 bridgehead atoms. The van der Waals surface area contributed by atoms with Gasteiger partial charge in [-0.15, -0.1) is 0 Å². The summed E-state index contributed by atoms with van der Waals surface area (Å²) in [4.78, 5) is 19.1. The molecule has 0 radical (unpaired) electrons. The number of carboxylic acid groups (broad SMARTS) is 1. The summed E-state index contributed by atoms with van der Waals surface area (Å²) >= 11 is 0. The molecule has 0 aliphatic rings. The molecule has 20 heavy (non-hydrogen) atoms. The average Bonchev–Trinajstić information content (AvgIpc) is 2.35. The lowest BCUT2D eigenvalue weighted by Gasteiger charge is -2.09. The highest BCUT2D eigenvalue weighted by Gasteiger charge is 2.27. The maximum absolute atomic E-state index is 12.9. The zero-order valence-electron chi connectivity index (χ0n) is 9.69. The molecular formula is C9H9FN2O7S. The highest BCUT2D eigenvalue weighted by atomic mass is 32.2. The van der Waals surface area contributed by atoms with Crippen molar-refractivity contribution < 1.29 is 32.7 Å². The van der Waals surface area contributed by atoms with Crippen LogP contribution in [-0.4, -0.2) is 42.2 Å². The van der Waals surface area contributed by atoms with Crippen molar-refractivity contribution in [2.75, 3.05) is 6.54 Å². The van der Waals surface area contributed by atoms with Crippen LogP contribution in [-0.2, 0) is 14.8 Å². The van der Waals surface area contributed by atoms with Gasteiger partial charge < -0.3 is 10.2 Å². The maximum atomic E-state index is 12.9. The fourth-order valence-corrected chi connectivity index (χ4v) is 2.40. The average molecular weight is 308 g/mol. The number of hydrogen-bond donors (Lipinski definition) is 3. The summed E-state index contributed by atoms with van der Waals surface area (Å²) in [5, 5.41) is 28.0. The van der Waals surface area contributed by atoms with Crippen molar-refractivity contribution in [3.05, 3.63) is 34.1 Å². The van der Waals surface area contributed by atoms with Crippen LogP contribution in [0.1, 0.15) is 0 Å². The maximum Gasteiger partial charge on any atom is 0.333 e. The molecule has 0 saturated heterocycles. The summed E-state index contributed by atoms with van der Waals surface area (Å²) < 4.78 is 38.1. The fourth-order valence-electron chi connectivity index (χ4n) is 1.21. The number of nitrogens with zero attached hydrogens (tertiary/aromatic N) is 1. The number of aliphatic hydroxyl groups excluding tert-OH is 1. The molecule has 0 aliphatic heterocycles. The van der Waals surface area contributed by atoms with Gasteiger partial charge in [0.05, 0.1) is 11.0 Å². The Balaban J connectivity index is 3.10. The van der Waals surface area contributed by atoms with Crippen molar-refractivity contribution in [2.45, 2.75) is 11.0 Å². The Morgan fingerprint density at radius 3 is 2.60 bits per heavy atom. The number of halogens is 1. The third-order valence-corrected chi connectivity index (χ3v) is 3.63. The largest absolute Gasteiger partial charge is 0.479 e. The lowest BCUT2D eigenvalue weighted by molar-refractivity contribution is -0.388. The Kier molecular flexibility index (Phi) is 4.70. The van der Waals surface area contributed by atoms with E-state index < -0.39 is 50.0 Å². The number of carboxylic acids is 1. The number of carbonyl (C=O) groups is 1. The van der Waals surface area contributed by atoms with Crippen molar-refractivity contribution in [1.29, 1.82) is 0 Å². The summed E-state index contributed by atoms with van der Waals surface area (Å²) in [5.74, 6) is -2.66. The van der Waals surface area contributed by atoms with E-state index in [9.17, 15) is 27.7 Å². The number of hydrogen-bond acceptors (Lipinski definition) is 6. The Morgan fingerprint density at radius 2 is 2.10 bits per heavy atom. The molecule has 0 amide bonds. The Hall–Kier alpha value is -2.11. The van der Waals surface area contributed by atoms with Gasteiger partial charge in [-0.05, 0) is 12.1 Å². The molecule has 0 fully saturated rings. The molecule has 0 heterocycles. The molecule has 1 aromatic carbocycles. The van der Waals surface area contributed by atoms with Gasteiger partial charge in [0.15, 0.2) is 11.0 Å². The standard InChI is InChI=1S/C9H9FN2O7S/c10-5-1-2-8(6(3-5)12(16)17)20(18,19)11-4-7(13)9(14)15/h1-3,7,11,13H,4H2,(H,14,15). The number of sulfonamides is 1. The third-order valence-electron chi connectivity index (χ3n) is 2.16. The number of nitrogens with one attached hydrogen (secondary N) is 1. The first-order valence-electron chi connectivity index (χ1n) is 4.99. The van der Waals surface area contributed by atoms with E-state index in [1.54, 1.807) is 4.72 Å². The van der Waals surface area contributed by atoms with E-state index in [1.807, 2.05) is 0 Å². The molecule has 11 heteroatoms. The SMILES string of the molecule is O=C(O)C(O)CNS(=O)(=O)c1ccc(F)cc1[N+](=O)[O-]. The van der Waals surface area contributed by atoms with Crippen LogP contribution in [0.3, 0.4) is 0 Å². The summed E-state index contributed by atoms with van der Waals surface area (Å²) in [5.41, 5.74) is -0.998. The van der Waals surface area contributed by atoms with Crippen molar-refractivity contribution in [2.24, 2.45) is 0 Å². The van der Waals surface area contributed by atoms with E-state index in [2.05, 4.69) is 0 Å². The third kappa shape index (κ3) is 3.69. The number of nitro groups is 1. The van der Waals surface area contributed by atoms with Gasteiger partial charge in [-0.1, -0.05) is 0 Å². The lowest BCUT2D eigenvalue weighted by atomic mass is 10.3. The molecule has 1 unspecified atom stereocenters. The molecule has 1 aromatic rings. The Bertz CT molecular complexity index is 646. The second-order valence-corrected chi connectivity index (χ2v) is 5.31. The van der Waals surface area contributed by atoms with E-state index in [4.69, 9.17) is 10.2 Å². The van der Waals surface area contributed by atoms with Crippen LogP contribution in [0.4, 0.5) is 10.1 Å². The van der Waals surface area contributed by atoms with E-state index in [0.29, 0.717) is 18.2 Å². The van der Waals surface area contributed by atoms with Crippen LogP contribution in [0.15, 0.2) is 23.1 Å². The van der Waals surface area contributed by atoms with Crippen LogP contribution in [0.25, 0.3) is 0 Å². The van der Waals surface area contributed by atoms with Crippen LogP contribution in [0, 0.1) is 15.9 Å². The zero-order valence-corrected chi connectivity index (χ0v) is 10.5. The topological polar surface area (TPSA) is 147 Å². The van der Waals surface area contributed by atoms with Gasteiger partial charge in [-0.25, -0.2) is 22.3 Å². The minimum Gasteiger partial charge on any atom is -0.479 e. The van der Waals surface area contributed by atoms with Gasteiger partial charge in [-0.3, -0.25) is 10.1 Å². The molecule has 0 saturated carbocycles. The molecule has 0 aromatic heterocycles. The molecule has 9 nitrogen and oxygen atoms in total. The molecule has 1 rings (SSSR count). The predicted octanol–water partition coefficient (Wildman–Crippen LogP) is -0.542. The van der Waals surface area contributed by atoms with Crippen molar-refractivity contribution in [3.8, 4) is 0 Å². The second kappa shape index (κ2) is 5.90. The number of aliphatic hydroxyl groups is 1. The van der Waals surface area contributed by atoms with E-state index in [-0.39, 0.29) is 0 Å². The van der Waals surface area contributed by atoms with Crippen molar-refractivity contribution in [1.82, 2.24) is 4.72 Å². The first-order valence-corrected chi connectivity index (χ1v) is 6.48. The predicted molar refractivity (Wildman–Crippen MR) is 61.9 cm³/mol. The molecule has 110 valence electrons. The number of nitro benzene ring substituents is 1. The molecular weight excluding hydrogens is 299 g/mol. The van der Waals surface area contributed by atoms with Crippen LogP contribution < -0.4 is 4.72 Å². The van der Waals surface area contributed by atoms with Gasteiger partial charge in [0.1, 0.15) is 5.82 Å². The zero-order chi connectivity index (χ0) is 15.5. The van der Waals surface area contributed by atoms with Gasteiger partial charge in [0.2, 0.25) is 10.0 Å². The fraction of sp³-hybridized carbons (Fsp3) is 0.222. The summed E-state index contributed by atoms with van der Waals surface area (Å²) in [7, 11) is -4.46. The Morgan fingerprint density at radius 1 is 1.50 bits per heavy atom. The molecule has 0 spiro atoms. The monoisotopic (exact) mass is 308 g/mol. The van der Waals surface area contributed by atoms with Gasteiger partial charge >= 0.3 is 5.97 Å². The van der Waals surface area contributed by atoms with Crippen molar-refractivity contribution in [3.63, 3.8) is 0 Å². The van der Waals surface area contributed by atoms with Crippen LogP contribution in [0.5, 0.6) is 0 Å². The summed E-state index contributed by atoms with van der Waals surface area (Å²) in [6.45, 7) is -0.883. The first kappa shape index (κ1) is 15.9. The highest BCUT2D eigenvalue weighted by Crippen LogP contribution is 2.24. The van der Waals surface area contributed by atoms with E-state index in [0.717, 1.165) is 0 Å². The van der Waals surface area contributed by atoms with Crippen LogP contribution >= 0.6 is 0 Å². The highest BCUT2D eigenvalue weighted by molar-refractivity contribution is 7.89. The van der Waals surface area contributed by atoms with Crippen LogP contribution in [0.2, 0.25) is 0 Å². The quantitative estimate of drug-likeness (QED) is 0.472. The first-order chi connectivity index (χ1) is 9.15. The number of rotatable bonds is 6. The number of benzene rings is 1. The van der Waals surface area contributed by atoms with Gasteiger partial charge in [-0.2, -0.15) is 0 Å². The summed E-state index contributed by atoms with van der Waals surface area (Å²) in [6.07, 6.45) is -2.01. The normalized spacial score (nSPS) is 12.9. The summed E-state index contributed by atoms with van der Waals surface area (Å²) in [6, 6.07) is 1.79. The molecule has 1 atom stereocenters. The van der Waals surface area contributed by atoms with E-state index >= 15 is 0 Å². The minimum atomic E-state index is -4.46.